The molecule has 1 heteroatoms. The van der Waals surface area contributed by atoms with Crippen molar-refractivity contribution in [1.29, 1.82) is 0 Å². The Morgan fingerprint density at radius 1 is 0.467 bits per heavy atom. The predicted octanol–water partition coefficient (Wildman–Crippen LogP) is 11.3. The van der Waals surface area contributed by atoms with Gasteiger partial charge in [0.1, 0.15) is 11.5 Å². The van der Waals surface area contributed by atoms with E-state index < -0.39 is 5.41 Å². The van der Waals surface area contributed by atoms with E-state index in [4.69, 9.17) is 4.74 Å². The third-order valence-corrected chi connectivity index (χ3v) is 10.2. The monoisotopic (exact) mass is 576 g/mol. The fourth-order valence-electron chi connectivity index (χ4n) is 8.12. The molecule has 2 aliphatic rings. The molecule has 1 heterocycles. The molecule has 7 aromatic carbocycles. The first kappa shape index (κ1) is 26.0. The van der Waals surface area contributed by atoms with Crippen LogP contribution in [-0.2, 0) is 10.8 Å². The van der Waals surface area contributed by atoms with Gasteiger partial charge in [0.2, 0.25) is 0 Å². The average molecular weight is 577 g/mol. The van der Waals surface area contributed by atoms with Crippen LogP contribution in [0.3, 0.4) is 0 Å². The molecule has 0 spiro atoms. The summed E-state index contributed by atoms with van der Waals surface area (Å²) < 4.78 is 6.76. The molecule has 0 unspecified atom stereocenters. The van der Waals surface area contributed by atoms with E-state index in [-0.39, 0.29) is 5.41 Å². The van der Waals surface area contributed by atoms with Crippen LogP contribution in [-0.4, -0.2) is 0 Å². The molecule has 1 aliphatic heterocycles. The molecule has 0 aromatic heterocycles. The van der Waals surface area contributed by atoms with Crippen LogP contribution in [0.15, 0.2) is 158 Å². The normalized spacial score (nSPS) is 15.0. The van der Waals surface area contributed by atoms with Crippen molar-refractivity contribution >= 4 is 10.8 Å². The van der Waals surface area contributed by atoms with Crippen LogP contribution in [0.1, 0.15) is 47.2 Å². The summed E-state index contributed by atoms with van der Waals surface area (Å²) in [6.07, 6.45) is 0. The van der Waals surface area contributed by atoms with E-state index in [9.17, 15) is 0 Å². The van der Waals surface area contributed by atoms with Crippen molar-refractivity contribution < 1.29 is 4.74 Å². The molecule has 214 valence electrons. The minimum Gasteiger partial charge on any atom is -0.456 e. The van der Waals surface area contributed by atoms with Crippen molar-refractivity contribution in [2.75, 3.05) is 0 Å². The second kappa shape index (κ2) is 9.55. The van der Waals surface area contributed by atoms with E-state index in [1.807, 2.05) is 0 Å². The standard InChI is InChI=1S/C44H32O/c1-43(2)36-21-11-12-23-40(36)45-42-34(20-13-22-38(42)43)30-24-26-35-39(28-30)44(31-15-5-3-6-16-31,32-17-7-4-8-18-32)37-27-25-29-14-9-10-19-33(29)41(35)37/h3-28H,1-2H3. The minimum atomic E-state index is -0.477. The van der Waals surface area contributed by atoms with Gasteiger partial charge in [-0.1, -0.05) is 159 Å². The van der Waals surface area contributed by atoms with Gasteiger partial charge in [0, 0.05) is 22.1 Å². The summed E-state index contributed by atoms with van der Waals surface area (Å²) in [5.41, 5.74) is 11.8. The highest BCUT2D eigenvalue weighted by Gasteiger charge is 2.47. The van der Waals surface area contributed by atoms with Crippen LogP contribution in [0.5, 0.6) is 11.5 Å². The second-order valence-corrected chi connectivity index (χ2v) is 12.9. The third-order valence-electron chi connectivity index (χ3n) is 10.2. The average Bonchev–Trinajstić information content (AvgIpc) is 3.40. The first-order valence-corrected chi connectivity index (χ1v) is 15.8. The van der Waals surface area contributed by atoms with Gasteiger partial charge in [0.25, 0.3) is 0 Å². The summed E-state index contributed by atoms with van der Waals surface area (Å²) in [7, 11) is 0. The molecule has 0 atom stereocenters. The van der Waals surface area contributed by atoms with Gasteiger partial charge >= 0.3 is 0 Å². The van der Waals surface area contributed by atoms with E-state index >= 15 is 0 Å². The van der Waals surface area contributed by atoms with E-state index in [0.717, 1.165) is 22.6 Å². The molecular formula is C44H32O. The summed E-state index contributed by atoms with van der Waals surface area (Å²) in [6.45, 7) is 4.61. The fourth-order valence-corrected chi connectivity index (χ4v) is 8.12. The topological polar surface area (TPSA) is 9.23 Å². The number of fused-ring (bicyclic) bond motifs is 7. The lowest BCUT2D eigenvalue weighted by molar-refractivity contribution is 0.419. The Bertz CT molecular complexity index is 2220. The number of rotatable bonds is 3. The van der Waals surface area contributed by atoms with E-state index in [1.54, 1.807) is 0 Å². The molecule has 0 N–H and O–H groups in total. The first-order valence-electron chi connectivity index (χ1n) is 15.8. The molecule has 1 aliphatic carbocycles. The molecule has 45 heavy (non-hydrogen) atoms. The summed E-state index contributed by atoms with van der Waals surface area (Å²) in [5, 5.41) is 2.55. The SMILES string of the molecule is CC1(C)c2ccccc2Oc2c(-c3ccc4c(c3)C(c3ccccc3)(c3ccccc3)c3ccc5ccccc5c3-4)cccc21. The number of para-hydroxylation sites is 2. The van der Waals surface area contributed by atoms with Crippen molar-refractivity contribution in [1.82, 2.24) is 0 Å². The quantitative estimate of drug-likeness (QED) is 0.203. The Balaban J connectivity index is 1.37. The predicted molar refractivity (Wildman–Crippen MR) is 185 cm³/mol. The molecule has 0 amide bonds. The van der Waals surface area contributed by atoms with Crippen LogP contribution in [0, 0.1) is 0 Å². The number of hydrogen-bond donors (Lipinski definition) is 0. The lowest BCUT2D eigenvalue weighted by atomic mass is 9.67. The van der Waals surface area contributed by atoms with Gasteiger partial charge in [0.05, 0.1) is 5.41 Å². The number of hydrogen-bond acceptors (Lipinski definition) is 1. The molecule has 1 nitrogen and oxygen atoms in total. The minimum absolute atomic E-state index is 0.177. The largest absolute Gasteiger partial charge is 0.456 e. The van der Waals surface area contributed by atoms with Crippen LogP contribution in [0.4, 0.5) is 0 Å². The number of benzene rings is 7. The van der Waals surface area contributed by atoms with Gasteiger partial charge in [-0.15, -0.1) is 0 Å². The van der Waals surface area contributed by atoms with Crippen molar-refractivity contribution in [3.8, 4) is 33.8 Å². The molecular weight excluding hydrogens is 544 g/mol. The Hall–Kier alpha value is -5.40. The Morgan fingerprint density at radius 2 is 1.13 bits per heavy atom. The highest BCUT2D eigenvalue weighted by Crippen LogP contribution is 2.59. The van der Waals surface area contributed by atoms with Crippen LogP contribution in [0.25, 0.3) is 33.0 Å². The molecule has 0 saturated heterocycles. The summed E-state index contributed by atoms with van der Waals surface area (Å²) in [6, 6.07) is 57.7. The molecule has 0 bridgehead atoms. The summed E-state index contributed by atoms with van der Waals surface area (Å²) in [4.78, 5) is 0. The Kier molecular flexibility index (Phi) is 5.53. The molecule has 9 rings (SSSR count). The smallest absolute Gasteiger partial charge is 0.139 e. The van der Waals surface area contributed by atoms with Crippen molar-refractivity contribution in [2.24, 2.45) is 0 Å². The maximum atomic E-state index is 6.76. The maximum absolute atomic E-state index is 6.76. The Labute approximate surface area is 264 Å². The van der Waals surface area contributed by atoms with Crippen molar-refractivity contribution in [3.05, 3.63) is 191 Å². The number of ether oxygens (including phenoxy) is 1. The zero-order chi connectivity index (χ0) is 30.2. The lowest BCUT2D eigenvalue weighted by Crippen LogP contribution is -2.28. The zero-order valence-corrected chi connectivity index (χ0v) is 25.4. The zero-order valence-electron chi connectivity index (χ0n) is 25.4. The van der Waals surface area contributed by atoms with Gasteiger partial charge in [-0.25, -0.2) is 0 Å². The van der Waals surface area contributed by atoms with E-state index in [2.05, 4.69) is 172 Å². The summed E-state index contributed by atoms with van der Waals surface area (Å²) >= 11 is 0. The van der Waals surface area contributed by atoms with Gasteiger partial charge in [-0.05, 0) is 61.8 Å². The van der Waals surface area contributed by atoms with E-state index in [1.165, 1.54) is 55.3 Å². The second-order valence-electron chi connectivity index (χ2n) is 12.9. The van der Waals surface area contributed by atoms with Crippen molar-refractivity contribution in [2.45, 2.75) is 24.7 Å². The van der Waals surface area contributed by atoms with Crippen LogP contribution < -0.4 is 4.74 Å². The van der Waals surface area contributed by atoms with Crippen LogP contribution in [0.2, 0.25) is 0 Å². The summed E-state index contributed by atoms with van der Waals surface area (Å²) in [5.74, 6) is 1.89. The molecule has 0 saturated carbocycles. The van der Waals surface area contributed by atoms with Crippen molar-refractivity contribution in [3.63, 3.8) is 0 Å². The van der Waals surface area contributed by atoms with Crippen LogP contribution >= 0.6 is 0 Å². The fraction of sp³-hybridized carbons (Fsp3) is 0.0909. The van der Waals surface area contributed by atoms with Gasteiger partial charge in [-0.2, -0.15) is 0 Å². The Morgan fingerprint density at radius 3 is 1.91 bits per heavy atom. The van der Waals surface area contributed by atoms with Gasteiger partial charge in [-0.3, -0.25) is 0 Å². The highest BCUT2D eigenvalue weighted by molar-refractivity contribution is 6.04. The lowest BCUT2D eigenvalue weighted by Gasteiger charge is -2.36. The maximum Gasteiger partial charge on any atom is 0.139 e. The van der Waals surface area contributed by atoms with Gasteiger partial charge in [0.15, 0.2) is 0 Å². The molecule has 0 fully saturated rings. The molecule has 7 aromatic rings. The first-order chi connectivity index (χ1) is 22.1. The molecule has 0 radical (unpaired) electrons. The highest BCUT2D eigenvalue weighted by atomic mass is 16.5. The third kappa shape index (κ3) is 3.56. The van der Waals surface area contributed by atoms with Gasteiger partial charge < -0.3 is 4.74 Å². The van der Waals surface area contributed by atoms with E-state index in [0.29, 0.717) is 0 Å².